The number of allylic oxidation sites excluding steroid dienone is 1. The average molecular weight is 224 g/mol. The van der Waals surface area contributed by atoms with E-state index >= 15 is 0 Å². The molecule has 0 aliphatic carbocycles. The molecule has 1 heterocycles. The molecule has 0 aromatic heterocycles. The number of ether oxygens (including phenoxy) is 2. The van der Waals surface area contributed by atoms with E-state index in [-0.39, 0.29) is 5.97 Å². The number of methoxy groups -OCH3 is 1. The summed E-state index contributed by atoms with van der Waals surface area (Å²) in [5.74, 6) is 0.380. The van der Waals surface area contributed by atoms with Crippen molar-refractivity contribution in [1.29, 1.82) is 0 Å². The number of carbonyl (C=O) groups is 1. The maximum absolute atomic E-state index is 11.7. The lowest BCUT2D eigenvalue weighted by Crippen LogP contribution is -2.22. The predicted molar refractivity (Wildman–Crippen MR) is 62.9 cm³/mol. The number of carbonyl (C=O) groups excluding carboxylic acids is 1. The summed E-state index contributed by atoms with van der Waals surface area (Å²) in [6.45, 7) is 9.86. The van der Waals surface area contributed by atoms with Gasteiger partial charge in [-0.1, -0.05) is 19.9 Å². The van der Waals surface area contributed by atoms with Crippen molar-refractivity contribution in [2.75, 3.05) is 7.11 Å². The summed E-state index contributed by atoms with van der Waals surface area (Å²) >= 11 is 0. The van der Waals surface area contributed by atoms with Gasteiger partial charge in [-0.05, 0) is 20.3 Å². The van der Waals surface area contributed by atoms with Gasteiger partial charge in [0, 0.05) is 12.0 Å². The van der Waals surface area contributed by atoms with Crippen molar-refractivity contribution in [1.82, 2.24) is 0 Å². The molecule has 3 heteroatoms. The van der Waals surface area contributed by atoms with Gasteiger partial charge >= 0.3 is 5.97 Å². The van der Waals surface area contributed by atoms with Crippen molar-refractivity contribution in [3.05, 3.63) is 23.5 Å². The zero-order chi connectivity index (χ0) is 12.3. The van der Waals surface area contributed by atoms with Crippen molar-refractivity contribution in [3.63, 3.8) is 0 Å². The van der Waals surface area contributed by atoms with Crippen LogP contribution in [0.25, 0.3) is 0 Å². The highest BCUT2D eigenvalue weighted by Crippen LogP contribution is 2.39. The van der Waals surface area contributed by atoms with Crippen LogP contribution in [0.5, 0.6) is 0 Å². The minimum absolute atomic E-state index is 0.346. The Hall–Kier alpha value is -1.25. The third-order valence-electron chi connectivity index (χ3n) is 2.83. The van der Waals surface area contributed by atoms with Crippen molar-refractivity contribution in [3.8, 4) is 0 Å². The Kier molecular flexibility index (Phi) is 3.79. The van der Waals surface area contributed by atoms with Crippen LogP contribution in [0, 0.1) is 0 Å². The second-order valence-corrected chi connectivity index (χ2v) is 4.48. The molecule has 0 aromatic carbocycles. The molecular weight excluding hydrogens is 204 g/mol. The van der Waals surface area contributed by atoms with Crippen LogP contribution in [0.3, 0.4) is 0 Å². The van der Waals surface area contributed by atoms with E-state index < -0.39 is 5.60 Å². The highest BCUT2D eigenvalue weighted by molar-refractivity contribution is 5.95. The smallest absolute Gasteiger partial charge is 0.341 e. The SMILES string of the molecule is C=C1C(C(=O)OC)=C(CCCC)OC1(C)C. The van der Waals surface area contributed by atoms with Crippen molar-refractivity contribution >= 4 is 5.97 Å². The van der Waals surface area contributed by atoms with Gasteiger partial charge < -0.3 is 9.47 Å². The van der Waals surface area contributed by atoms with E-state index in [1.165, 1.54) is 7.11 Å². The number of esters is 1. The van der Waals surface area contributed by atoms with Gasteiger partial charge in [-0.25, -0.2) is 4.79 Å². The molecular formula is C13H20O3. The van der Waals surface area contributed by atoms with Crippen LogP contribution >= 0.6 is 0 Å². The molecule has 0 saturated carbocycles. The van der Waals surface area contributed by atoms with Gasteiger partial charge in [-0.3, -0.25) is 0 Å². The van der Waals surface area contributed by atoms with E-state index in [1.807, 2.05) is 13.8 Å². The fourth-order valence-electron chi connectivity index (χ4n) is 1.74. The second kappa shape index (κ2) is 4.73. The van der Waals surface area contributed by atoms with Crippen LogP contribution in [0.15, 0.2) is 23.5 Å². The Morgan fingerprint density at radius 1 is 1.50 bits per heavy atom. The van der Waals surface area contributed by atoms with E-state index in [0.717, 1.165) is 25.0 Å². The summed E-state index contributed by atoms with van der Waals surface area (Å²) in [5, 5.41) is 0. The van der Waals surface area contributed by atoms with Crippen LogP contribution in [0.1, 0.15) is 40.0 Å². The van der Waals surface area contributed by atoms with Gasteiger partial charge in [0.05, 0.1) is 7.11 Å². The van der Waals surface area contributed by atoms with Crippen LogP contribution in [0.4, 0.5) is 0 Å². The lowest BCUT2D eigenvalue weighted by Gasteiger charge is -2.21. The molecule has 1 aliphatic rings. The molecule has 0 bridgehead atoms. The third-order valence-corrected chi connectivity index (χ3v) is 2.83. The molecule has 0 saturated heterocycles. The first-order chi connectivity index (χ1) is 7.44. The zero-order valence-corrected chi connectivity index (χ0v) is 10.6. The molecule has 0 atom stereocenters. The molecule has 0 aromatic rings. The largest absolute Gasteiger partial charge is 0.487 e. The Morgan fingerprint density at radius 3 is 2.62 bits per heavy atom. The molecule has 0 amide bonds. The van der Waals surface area contributed by atoms with Crippen LogP contribution in [-0.4, -0.2) is 18.7 Å². The maximum Gasteiger partial charge on any atom is 0.341 e. The van der Waals surface area contributed by atoms with Crippen LogP contribution < -0.4 is 0 Å². The summed E-state index contributed by atoms with van der Waals surface area (Å²) in [6.07, 6.45) is 2.83. The lowest BCUT2D eigenvalue weighted by atomic mass is 9.94. The van der Waals surface area contributed by atoms with Gasteiger partial charge in [0.2, 0.25) is 0 Å². The number of rotatable bonds is 4. The molecule has 0 radical (unpaired) electrons. The van der Waals surface area contributed by atoms with E-state index in [1.54, 1.807) is 0 Å². The quantitative estimate of drug-likeness (QED) is 0.689. The fourth-order valence-corrected chi connectivity index (χ4v) is 1.74. The van der Waals surface area contributed by atoms with Crippen molar-refractivity contribution in [2.45, 2.75) is 45.6 Å². The molecule has 90 valence electrons. The van der Waals surface area contributed by atoms with Crippen molar-refractivity contribution in [2.24, 2.45) is 0 Å². The first-order valence-corrected chi connectivity index (χ1v) is 5.64. The Bertz CT molecular complexity index is 337. The Morgan fingerprint density at radius 2 is 2.12 bits per heavy atom. The molecule has 0 spiro atoms. The number of unbranched alkanes of at least 4 members (excludes halogenated alkanes) is 1. The molecule has 1 rings (SSSR count). The first kappa shape index (κ1) is 12.8. The minimum Gasteiger partial charge on any atom is -0.487 e. The van der Waals surface area contributed by atoms with Gasteiger partial charge in [0.15, 0.2) is 0 Å². The zero-order valence-electron chi connectivity index (χ0n) is 10.6. The van der Waals surface area contributed by atoms with E-state index in [0.29, 0.717) is 11.1 Å². The standard InChI is InChI=1S/C13H20O3/c1-6-7-8-10-11(12(14)15-5)9(2)13(3,4)16-10/h2,6-8H2,1,3-5H3. The Labute approximate surface area is 97.1 Å². The minimum atomic E-state index is -0.493. The van der Waals surface area contributed by atoms with Gasteiger partial charge in [0.1, 0.15) is 16.9 Å². The predicted octanol–water partition coefficient (Wildman–Crippen LogP) is 2.97. The fraction of sp³-hybridized carbons (Fsp3) is 0.615. The van der Waals surface area contributed by atoms with Gasteiger partial charge in [-0.15, -0.1) is 0 Å². The van der Waals surface area contributed by atoms with Gasteiger partial charge in [0.25, 0.3) is 0 Å². The van der Waals surface area contributed by atoms with Gasteiger partial charge in [-0.2, -0.15) is 0 Å². The van der Waals surface area contributed by atoms with E-state index in [2.05, 4.69) is 13.5 Å². The summed E-state index contributed by atoms with van der Waals surface area (Å²) in [6, 6.07) is 0. The topological polar surface area (TPSA) is 35.5 Å². The molecule has 3 nitrogen and oxygen atoms in total. The average Bonchev–Trinajstić information content (AvgIpc) is 2.46. The molecule has 0 fully saturated rings. The second-order valence-electron chi connectivity index (χ2n) is 4.48. The summed E-state index contributed by atoms with van der Waals surface area (Å²) in [5.41, 5.74) is 0.749. The molecule has 0 N–H and O–H groups in total. The summed E-state index contributed by atoms with van der Waals surface area (Å²) in [7, 11) is 1.38. The molecule has 1 aliphatic heterocycles. The van der Waals surface area contributed by atoms with Crippen molar-refractivity contribution < 1.29 is 14.3 Å². The third kappa shape index (κ3) is 2.29. The Balaban J connectivity index is 2.99. The highest BCUT2D eigenvalue weighted by atomic mass is 16.5. The summed E-state index contributed by atoms with van der Waals surface area (Å²) in [4.78, 5) is 11.7. The lowest BCUT2D eigenvalue weighted by molar-refractivity contribution is -0.135. The van der Waals surface area contributed by atoms with Crippen LogP contribution in [-0.2, 0) is 14.3 Å². The number of hydrogen-bond donors (Lipinski definition) is 0. The number of hydrogen-bond acceptors (Lipinski definition) is 3. The normalized spacial score (nSPS) is 18.6. The maximum atomic E-state index is 11.7. The van der Waals surface area contributed by atoms with Crippen LogP contribution in [0.2, 0.25) is 0 Å². The summed E-state index contributed by atoms with van der Waals surface area (Å²) < 4.78 is 10.5. The molecule has 16 heavy (non-hydrogen) atoms. The van der Waals surface area contributed by atoms with E-state index in [4.69, 9.17) is 9.47 Å². The first-order valence-electron chi connectivity index (χ1n) is 5.64. The van der Waals surface area contributed by atoms with E-state index in [9.17, 15) is 4.79 Å². The molecule has 0 unspecified atom stereocenters. The highest BCUT2D eigenvalue weighted by Gasteiger charge is 2.39. The monoisotopic (exact) mass is 224 g/mol.